The molecule has 1 heterocycles. The molecule has 0 saturated heterocycles. The number of aromatic nitrogens is 1. The van der Waals surface area contributed by atoms with Crippen molar-refractivity contribution < 1.29 is 0 Å². The predicted molar refractivity (Wildman–Crippen MR) is 81.7 cm³/mol. The Morgan fingerprint density at radius 2 is 2.10 bits per heavy atom. The van der Waals surface area contributed by atoms with Gasteiger partial charge in [-0.3, -0.25) is 4.98 Å². The van der Waals surface area contributed by atoms with Crippen LogP contribution in [0, 0.1) is 22.7 Å². The third kappa shape index (κ3) is 3.95. The van der Waals surface area contributed by atoms with Crippen LogP contribution in [0.15, 0.2) is 42.7 Å². The van der Waals surface area contributed by atoms with Crippen molar-refractivity contribution in [1.29, 1.82) is 10.5 Å². The molecule has 4 nitrogen and oxygen atoms in total. The first-order chi connectivity index (χ1) is 10.2. The number of halogens is 1. The summed E-state index contributed by atoms with van der Waals surface area (Å²) in [7, 11) is 0. The predicted octanol–water partition coefficient (Wildman–Crippen LogP) is 3.53. The van der Waals surface area contributed by atoms with E-state index in [0.29, 0.717) is 30.1 Å². The van der Waals surface area contributed by atoms with Gasteiger partial charge >= 0.3 is 0 Å². The maximum atomic E-state index is 8.93. The van der Waals surface area contributed by atoms with Crippen molar-refractivity contribution in [2.75, 3.05) is 11.4 Å². The summed E-state index contributed by atoms with van der Waals surface area (Å²) in [6.45, 7) is 1.23. The van der Waals surface area contributed by atoms with Gasteiger partial charge < -0.3 is 4.90 Å². The molecule has 2 aromatic rings. The molecule has 2 rings (SSSR count). The van der Waals surface area contributed by atoms with Crippen LogP contribution in [0.4, 0.5) is 5.69 Å². The number of rotatable bonds is 5. The van der Waals surface area contributed by atoms with Crippen molar-refractivity contribution in [2.24, 2.45) is 0 Å². The first kappa shape index (κ1) is 14.8. The third-order valence-electron chi connectivity index (χ3n) is 3.03. The maximum absolute atomic E-state index is 8.93. The SMILES string of the molecule is N#CCCN(Cc1cccnc1)c1ccc(C#N)c(Cl)c1. The van der Waals surface area contributed by atoms with Gasteiger partial charge in [0.15, 0.2) is 0 Å². The van der Waals surface area contributed by atoms with Gasteiger partial charge in [0.05, 0.1) is 23.1 Å². The van der Waals surface area contributed by atoms with E-state index < -0.39 is 0 Å². The van der Waals surface area contributed by atoms with E-state index in [0.717, 1.165) is 11.3 Å². The number of anilines is 1. The molecule has 104 valence electrons. The van der Waals surface area contributed by atoms with Gasteiger partial charge in [0.1, 0.15) is 6.07 Å². The molecule has 0 atom stereocenters. The van der Waals surface area contributed by atoms with Crippen LogP contribution >= 0.6 is 11.6 Å². The van der Waals surface area contributed by atoms with Crippen molar-refractivity contribution >= 4 is 17.3 Å². The quantitative estimate of drug-likeness (QED) is 0.846. The second kappa shape index (κ2) is 7.28. The molecule has 0 aliphatic rings. The highest BCUT2D eigenvalue weighted by atomic mass is 35.5. The zero-order valence-corrected chi connectivity index (χ0v) is 12.1. The van der Waals surface area contributed by atoms with Crippen LogP contribution in [0.1, 0.15) is 17.5 Å². The average Bonchev–Trinajstić information content (AvgIpc) is 2.52. The Balaban J connectivity index is 2.25. The van der Waals surface area contributed by atoms with Gasteiger partial charge in [-0.25, -0.2) is 0 Å². The molecular formula is C16H13ClN4. The van der Waals surface area contributed by atoms with E-state index in [-0.39, 0.29) is 0 Å². The lowest BCUT2D eigenvalue weighted by Gasteiger charge is -2.24. The van der Waals surface area contributed by atoms with Gasteiger partial charge in [-0.05, 0) is 29.8 Å². The molecule has 1 aromatic carbocycles. The molecule has 0 amide bonds. The van der Waals surface area contributed by atoms with Crippen molar-refractivity contribution in [3.63, 3.8) is 0 Å². The summed E-state index contributed by atoms with van der Waals surface area (Å²) in [4.78, 5) is 6.14. The summed E-state index contributed by atoms with van der Waals surface area (Å²) in [6.07, 6.45) is 3.93. The van der Waals surface area contributed by atoms with E-state index in [1.54, 1.807) is 24.5 Å². The first-order valence-corrected chi connectivity index (χ1v) is 6.83. The summed E-state index contributed by atoms with van der Waals surface area (Å²) < 4.78 is 0. The molecule has 0 N–H and O–H groups in total. The second-order valence-corrected chi connectivity index (χ2v) is 4.87. The lowest BCUT2D eigenvalue weighted by Crippen LogP contribution is -2.23. The van der Waals surface area contributed by atoms with E-state index in [2.05, 4.69) is 11.1 Å². The van der Waals surface area contributed by atoms with Gasteiger partial charge in [-0.1, -0.05) is 17.7 Å². The molecule has 0 aliphatic heterocycles. The van der Waals surface area contributed by atoms with Crippen LogP contribution in [-0.4, -0.2) is 11.5 Å². The highest BCUT2D eigenvalue weighted by molar-refractivity contribution is 6.32. The lowest BCUT2D eigenvalue weighted by molar-refractivity contribution is 0.795. The van der Waals surface area contributed by atoms with Crippen LogP contribution in [0.3, 0.4) is 0 Å². The van der Waals surface area contributed by atoms with E-state index in [4.69, 9.17) is 22.1 Å². The molecule has 0 unspecified atom stereocenters. The second-order valence-electron chi connectivity index (χ2n) is 4.47. The van der Waals surface area contributed by atoms with E-state index in [1.807, 2.05) is 29.2 Å². The number of nitrogens with zero attached hydrogens (tertiary/aromatic N) is 4. The molecule has 5 heteroatoms. The molecule has 0 radical (unpaired) electrons. The summed E-state index contributed by atoms with van der Waals surface area (Å²) in [5.74, 6) is 0. The molecule has 0 saturated carbocycles. The fourth-order valence-electron chi connectivity index (χ4n) is 1.99. The largest absolute Gasteiger partial charge is 0.366 e. The number of benzene rings is 1. The Bertz CT molecular complexity index is 686. The molecule has 21 heavy (non-hydrogen) atoms. The molecular weight excluding hydrogens is 284 g/mol. The Morgan fingerprint density at radius 3 is 2.71 bits per heavy atom. The summed E-state index contributed by atoms with van der Waals surface area (Å²) in [5, 5.41) is 18.2. The Hall–Kier alpha value is -2.56. The van der Waals surface area contributed by atoms with E-state index >= 15 is 0 Å². The maximum Gasteiger partial charge on any atom is 0.101 e. The average molecular weight is 297 g/mol. The highest BCUT2D eigenvalue weighted by Crippen LogP contribution is 2.24. The molecule has 0 fully saturated rings. The minimum Gasteiger partial charge on any atom is -0.366 e. The van der Waals surface area contributed by atoms with E-state index in [1.165, 1.54) is 0 Å². The van der Waals surface area contributed by atoms with Crippen LogP contribution in [0.5, 0.6) is 0 Å². The molecule has 0 bridgehead atoms. The minimum atomic E-state index is 0.415. The minimum absolute atomic E-state index is 0.415. The van der Waals surface area contributed by atoms with Crippen molar-refractivity contribution in [3.8, 4) is 12.1 Å². The summed E-state index contributed by atoms with van der Waals surface area (Å²) >= 11 is 6.08. The normalized spacial score (nSPS) is 9.67. The summed E-state index contributed by atoms with van der Waals surface area (Å²) in [6, 6.07) is 13.3. The zero-order valence-electron chi connectivity index (χ0n) is 11.3. The summed E-state index contributed by atoms with van der Waals surface area (Å²) in [5.41, 5.74) is 2.39. The topological polar surface area (TPSA) is 63.7 Å². The van der Waals surface area contributed by atoms with Crippen LogP contribution < -0.4 is 4.90 Å². The third-order valence-corrected chi connectivity index (χ3v) is 3.34. The van der Waals surface area contributed by atoms with Gasteiger partial charge in [-0.2, -0.15) is 10.5 Å². The molecule has 0 spiro atoms. The van der Waals surface area contributed by atoms with Gasteiger partial charge in [0.2, 0.25) is 0 Å². The standard InChI is InChI=1S/C16H13ClN4/c17-16-9-15(5-4-14(16)10-19)21(8-2-6-18)12-13-3-1-7-20-11-13/h1,3-5,7,9,11H,2,8,12H2. The first-order valence-electron chi connectivity index (χ1n) is 6.45. The van der Waals surface area contributed by atoms with Crippen LogP contribution in [-0.2, 0) is 6.54 Å². The Kier molecular flexibility index (Phi) is 5.15. The number of hydrogen-bond acceptors (Lipinski definition) is 4. The fraction of sp³-hybridized carbons (Fsp3) is 0.188. The van der Waals surface area contributed by atoms with Gasteiger partial charge in [-0.15, -0.1) is 0 Å². The highest BCUT2D eigenvalue weighted by Gasteiger charge is 2.10. The lowest BCUT2D eigenvalue weighted by atomic mass is 10.2. The fourth-order valence-corrected chi connectivity index (χ4v) is 2.20. The molecule has 1 aromatic heterocycles. The van der Waals surface area contributed by atoms with E-state index in [9.17, 15) is 0 Å². The number of pyridine rings is 1. The van der Waals surface area contributed by atoms with Crippen LogP contribution in [0.2, 0.25) is 5.02 Å². The van der Waals surface area contributed by atoms with Crippen LogP contribution in [0.25, 0.3) is 0 Å². The van der Waals surface area contributed by atoms with Gasteiger partial charge in [0.25, 0.3) is 0 Å². The van der Waals surface area contributed by atoms with Crippen molar-refractivity contribution in [1.82, 2.24) is 4.98 Å². The number of nitriles is 2. The van der Waals surface area contributed by atoms with Crippen molar-refractivity contribution in [2.45, 2.75) is 13.0 Å². The zero-order chi connectivity index (χ0) is 15.1. The Morgan fingerprint density at radius 1 is 1.24 bits per heavy atom. The number of hydrogen-bond donors (Lipinski definition) is 0. The monoisotopic (exact) mass is 296 g/mol. The van der Waals surface area contributed by atoms with Gasteiger partial charge in [0, 0.05) is 31.2 Å². The Labute approximate surface area is 128 Å². The smallest absolute Gasteiger partial charge is 0.101 e. The molecule has 0 aliphatic carbocycles. The van der Waals surface area contributed by atoms with Crippen molar-refractivity contribution in [3.05, 3.63) is 58.9 Å².